The maximum atomic E-state index is 11.9. The normalized spacial score (nSPS) is 18.9. The molecule has 0 saturated carbocycles. The molecule has 0 aliphatic heterocycles. The fraction of sp³-hybridized carbons (Fsp3) is 1.00. The molecule has 0 bridgehead atoms. The number of phosphoric ester groups is 1. The molecule has 0 radical (unpaired) electrons. The van der Waals surface area contributed by atoms with E-state index in [4.69, 9.17) is 4.52 Å². The summed E-state index contributed by atoms with van der Waals surface area (Å²) in [5.41, 5.74) is -1.39. The molecule has 0 heterocycles. The molecule has 0 spiro atoms. The number of rotatable bonds is 11. The van der Waals surface area contributed by atoms with Crippen LogP contribution in [0.5, 0.6) is 0 Å². The van der Waals surface area contributed by atoms with Gasteiger partial charge in [0, 0.05) is 9.65 Å². The molecule has 0 aromatic carbocycles. The van der Waals surface area contributed by atoms with Crippen LogP contribution in [0.2, 0.25) is 0 Å². The Bertz CT molecular complexity index is 469. The summed E-state index contributed by atoms with van der Waals surface area (Å²) in [6.45, 7) is 1.80. The summed E-state index contributed by atoms with van der Waals surface area (Å²) in [7, 11) is -4.83. The van der Waals surface area contributed by atoms with Gasteiger partial charge >= 0.3 is 7.82 Å². The van der Waals surface area contributed by atoms with Crippen molar-refractivity contribution in [1.29, 1.82) is 0 Å². The average molecular weight is 1040 g/mol. The van der Waals surface area contributed by atoms with Gasteiger partial charge in [-0.05, 0) is 19.3 Å². The van der Waals surface area contributed by atoms with E-state index in [-0.39, 0.29) is 23.5 Å². The first-order chi connectivity index (χ1) is 11.4. The van der Waals surface area contributed by atoms with E-state index in [1.54, 1.807) is 6.92 Å². The number of alkyl halides is 10. The zero-order chi connectivity index (χ0) is 21.1. The predicted molar refractivity (Wildman–Crippen MR) is 145 cm³/mol. The van der Waals surface area contributed by atoms with E-state index in [0.29, 0.717) is 12.8 Å². The van der Waals surface area contributed by atoms with Crippen LogP contribution in [0.1, 0.15) is 26.2 Å². The third kappa shape index (κ3) is 9.04. The molecule has 0 aromatic heterocycles. The first-order valence-electron chi connectivity index (χ1n) is 6.79. The molecule has 4 nitrogen and oxygen atoms in total. The first kappa shape index (κ1) is 30.9. The van der Waals surface area contributed by atoms with E-state index in [2.05, 4.69) is 159 Å². The highest BCUT2D eigenvalue weighted by Crippen LogP contribution is 2.64. The quantitative estimate of drug-likeness (QED) is 0.161. The molecule has 2 unspecified atom stereocenters. The second-order valence-electron chi connectivity index (χ2n) is 5.28. The van der Waals surface area contributed by atoms with Gasteiger partial charge in [-0.3, -0.25) is 4.52 Å². The average Bonchev–Trinajstić information content (AvgIpc) is 2.41. The summed E-state index contributed by atoms with van der Waals surface area (Å²) in [5.74, 6) is 0. The Kier molecular flexibility index (Phi) is 14.7. The fourth-order valence-electron chi connectivity index (χ4n) is 2.18. The van der Waals surface area contributed by atoms with Crippen LogP contribution in [-0.2, 0) is 9.09 Å². The summed E-state index contributed by atoms with van der Waals surface area (Å²) >= 11 is 35.4. The number of phosphoric acid groups is 1. The van der Waals surface area contributed by atoms with Crippen LogP contribution in [0, 0.1) is 0 Å². The highest BCUT2D eigenvalue weighted by Gasteiger charge is 2.63. The van der Waals surface area contributed by atoms with Crippen LogP contribution in [-0.4, -0.2) is 39.0 Å². The minimum absolute atomic E-state index is 0.0625. The van der Waals surface area contributed by atoms with Gasteiger partial charge in [0.05, 0.1) is 7.47 Å². The van der Waals surface area contributed by atoms with Crippen molar-refractivity contribution in [2.45, 2.75) is 55.4 Å². The third-order valence-corrected chi connectivity index (χ3v) is 14.9. The van der Waals surface area contributed by atoms with E-state index >= 15 is 0 Å². The highest BCUT2D eigenvalue weighted by molar-refractivity contribution is 9.27. The smallest absolute Gasteiger partial charge is 0.303 e. The summed E-state index contributed by atoms with van der Waals surface area (Å²) in [6.07, 6.45) is 1.11. The Morgan fingerprint density at radius 1 is 0.846 bits per heavy atom. The lowest BCUT2D eigenvalue weighted by atomic mass is 9.87. The van der Waals surface area contributed by atoms with E-state index in [1.807, 2.05) is 0 Å². The van der Waals surface area contributed by atoms with Crippen molar-refractivity contribution in [1.82, 2.24) is 0 Å². The molecule has 15 heteroatoms. The zero-order valence-corrected chi connectivity index (χ0v) is 29.6. The topological polar surface area (TPSA) is 66.8 Å². The maximum Gasteiger partial charge on any atom is 0.470 e. The monoisotopic (exact) mass is 1030 g/mol. The molecule has 0 saturated heterocycles. The highest BCUT2D eigenvalue weighted by atomic mass is 79.9. The van der Waals surface area contributed by atoms with E-state index in [9.17, 15) is 14.4 Å². The van der Waals surface area contributed by atoms with Crippen LogP contribution in [0.4, 0.5) is 0 Å². The fourth-order valence-corrected chi connectivity index (χ4v) is 12.2. The van der Waals surface area contributed by atoms with E-state index < -0.39 is 19.9 Å². The summed E-state index contributed by atoms with van der Waals surface area (Å²) in [6, 6.07) is 0. The molecule has 0 aromatic rings. The summed E-state index contributed by atoms with van der Waals surface area (Å²) in [4.78, 5) is 19.1. The first-order valence-corrected chi connectivity index (χ1v) is 17.0. The van der Waals surface area contributed by atoms with Gasteiger partial charge in [-0.2, -0.15) is 0 Å². The van der Waals surface area contributed by atoms with Gasteiger partial charge in [0.25, 0.3) is 0 Å². The molecule has 2 N–H and O–H groups in total. The van der Waals surface area contributed by atoms with Gasteiger partial charge in [-0.25, -0.2) is 4.57 Å². The van der Waals surface area contributed by atoms with Crippen molar-refractivity contribution in [3.8, 4) is 0 Å². The van der Waals surface area contributed by atoms with Gasteiger partial charge in [0.15, 0.2) is 0 Å². The molecule has 0 aliphatic rings. The van der Waals surface area contributed by atoms with E-state index in [1.165, 1.54) is 0 Å². The minimum Gasteiger partial charge on any atom is -0.303 e. The lowest BCUT2D eigenvalue weighted by Gasteiger charge is -2.51. The lowest BCUT2D eigenvalue weighted by Crippen LogP contribution is -2.60. The molecule has 26 heavy (non-hydrogen) atoms. The van der Waals surface area contributed by atoms with Gasteiger partial charge in [-0.15, -0.1) is 0 Å². The largest absolute Gasteiger partial charge is 0.470 e. The molecule has 158 valence electrons. The van der Waals surface area contributed by atoms with Crippen LogP contribution < -0.4 is 0 Å². The predicted octanol–water partition coefficient (Wildman–Crippen LogP) is 8.76. The number of halogens is 10. The SMILES string of the molecule is CCC(OP(=O)(O)O)(C(Br)(Br)CC(Br)C(Br)Br)C(Br)(Br)CC(Br)C(Br)Br. The number of hydrogen-bond donors (Lipinski definition) is 2. The van der Waals surface area contributed by atoms with Crippen LogP contribution in [0.3, 0.4) is 0 Å². The minimum atomic E-state index is -4.83. The maximum absolute atomic E-state index is 11.9. The van der Waals surface area contributed by atoms with Gasteiger partial charge in [-0.1, -0.05) is 166 Å². The molecule has 0 fully saturated rings. The molecule has 0 rings (SSSR count). The second-order valence-corrected chi connectivity index (χ2v) is 22.7. The Morgan fingerprint density at radius 3 is 1.35 bits per heavy atom. The van der Waals surface area contributed by atoms with Crippen LogP contribution in [0.15, 0.2) is 0 Å². The molecular weight excluding hydrogens is 1030 g/mol. The van der Waals surface area contributed by atoms with Crippen molar-refractivity contribution in [3.63, 3.8) is 0 Å². The van der Waals surface area contributed by atoms with Crippen molar-refractivity contribution in [2.24, 2.45) is 0 Å². The molecule has 0 amide bonds. The van der Waals surface area contributed by atoms with E-state index in [0.717, 1.165) is 0 Å². The van der Waals surface area contributed by atoms with Crippen LogP contribution in [0.25, 0.3) is 0 Å². The Labute approximate surface area is 237 Å². The van der Waals surface area contributed by atoms with Gasteiger partial charge < -0.3 is 9.79 Å². The van der Waals surface area contributed by atoms with Crippen molar-refractivity contribution >= 4 is 167 Å². The summed E-state index contributed by atoms with van der Waals surface area (Å²) < 4.78 is 15.2. The van der Waals surface area contributed by atoms with Gasteiger partial charge in [0.1, 0.15) is 12.1 Å². The third-order valence-electron chi connectivity index (χ3n) is 3.40. The molecule has 0 aliphatic carbocycles. The lowest BCUT2D eigenvalue weighted by molar-refractivity contribution is 0.0130. The standard InChI is InChI=1S/C11H15Br10O4P/c1-2-9(25-26(22,23)24,10(18,19)3-5(12)7(14)15)11(20,21)4-6(13)8(16)17/h5-8H,2-4H2,1H3,(H2,22,23,24). The Balaban J connectivity index is 6.22. The van der Waals surface area contributed by atoms with Crippen LogP contribution >= 0.6 is 167 Å². The second kappa shape index (κ2) is 12.4. The van der Waals surface area contributed by atoms with Crippen molar-refractivity contribution in [2.75, 3.05) is 0 Å². The molecule has 2 atom stereocenters. The number of hydrogen-bond acceptors (Lipinski definition) is 2. The van der Waals surface area contributed by atoms with Crippen molar-refractivity contribution < 1.29 is 18.9 Å². The van der Waals surface area contributed by atoms with Crippen molar-refractivity contribution in [3.05, 3.63) is 0 Å². The summed E-state index contributed by atoms with van der Waals surface area (Å²) in [5, 5.41) is 0. The molecular formula is C11H15Br10O4P. The Morgan fingerprint density at radius 2 is 1.15 bits per heavy atom. The Hall–Kier alpha value is 4.91. The zero-order valence-electron chi connectivity index (χ0n) is 12.9. The van der Waals surface area contributed by atoms with Gasteiger partial charge in [0.2, 0.25) is 0 Å².